The highest BCUT2D eigenvalue weighted by atomic mass is 79.9. The van der Waals surface area contributed by atoms with Crippen molar-refractivity contribution in [3.8, 4) is 11.5 Å². The van der Waals surface area contributed by atoms with Gasteiger partial charge in [0.15, 0.2) is 0 Å². The van der Waals surface area contributed by atoms with Crippen LogP contribution in [0.25, 0.3) is 0 Å². The number of methoxy groups -OCH3 is 2. The molecule has 1 atom stereocenters. The molecule has 0 bridgehead atoms. The molecule has 0 amide bonds. The minimum atomic E-state index is -0.0729. The Morgan fingerprint density at radius 2 is 1.55 bits per heavy atom. The largest absolute Gasteiger partial charge is 0.497 e. The second-order valence-electron chi connectivity index (χ2n) is 4.17. The molecule has 1 unspecified atom stereocenters. The Balaban J connectivity index is 2.44. The lowest BCUT2D eigenvalue weighted by Gasteiger charge is -2.15. The molecule has 2 rings (SSSR count). The molecule has 0 aliphatic carbocycles. The molecule has 5 heteroatoms. The van der Waals surface area contributed by atoms with Gasteiger partial charge in [-0.1, -0.05) is 45.2 Å². The van der Waals surface area contributed by atoms with Gasteiger partial charge in [0.2, 0.25) is 0 Å². The Kier molecular flexibility index (Phi) is 5.19. The Morgan fingerprint density at radius 1 is 0.950 bits per heavy atom. The van der Waals surface area contributed by atoms with Gasteiger partial charge in [-0.25, -0.2) is 0 Å². The zero-order valence-electron chi connectivity index (χ0n) is 11.0. The van der Waals surface area contributed by atoms with Crippen LogP contribution in [0.1, 0.15) is 16.0 Å². The predicted molar refractivity (Wildman–Crippen MR) is 86.8 cm³/mol. The maximum absolute atomic E-state index is 6.24. The molecule has 2 aromatic rings. The van der Waals surface area contributed by atoms with E-state index in [-0.39, 0.29) is 4.83 Å². The van der Waals surface area contributed by atoms with Crippen molar-refractivity contribution in [2.45, 2.75) is 4.83 Å². The van der Waals surface area contributed by atoms with Crippen LogP contribution in [-0.4, -0.2) is 14.2 Å². The minimum absolute atomic E-state index is 0.0729. The van der Waals surface area contributed by atoms with Gasteiger partial charge >= 0.3 is 0 Å². The summed E-state index contributed by atoms with van der Waals surface area (Å²) < 4.78 is 10.6. The summed E-state index contributed by atoms with van der Waals surface area (Å²) in [5.41, 5.74) is 1.93. The van der Waals surface area contributed by atoms with Gasteiger partial charge in [0, 0.05) is 16.1 Å². The van der Waals surface area contributed by atoms with Crippen molar-refractivity contribution >= 4 is 39.1 Å². The van der Waals surface area contributed by atoms with Crippen molar-refractivity contribution in [2.24, 2.45) is 0 Å². The van der Waals surface area contributed by atoms with Gasteiger partial charge in [-0.3, -0.25) is 0 Å². The van der Waals surface area contributed by atoms with E-state index in [4.69, 9.17) is 32.7 Å². The van der Waals surface area contributed by atoms with Crippen molar-refractivity contribution in [3.63, 3.8) is 0 Å². The summed E-state index contributed by atoms with van der Waals surface area (Å²) in [6.07, 6.45) is 0. The first kappa shape index (κ1) is 15.5. The zero-order chi connectivity index (χ0) is 14.7. The summed E-state index contributed by atoms with van der Waals surface area (Å²) in [7, 11) is 3.24. The molecular weight excluding hydrogens is 363 g/mol. The number of benzene rings is 2. The molecule has 0 saturated heterocycles. The highest BCUT2D eigenvalue weighted by molar-refractivity contribution is 9.09. The third kappa shape index (κ3) is 3.40. The maximum atomic E-state index is 6.24. The van der Waals surface area contributed by atoms with Crippen molar-refractivity contribution in [3.05, 3.63) is 57.6 Å². The summed E-state index contributed by atoms with van der Waals surface area (Å²) in [6, 6.07) is 11.1. The van der Waals surface area contributed by atoms with E-state index in [1.54, 1.807) is 20.3 Å². The van der Waals surface area contributed by atoms with Crippen molar-refractivity contribution in [2.75, 3.05) is 14.2 Å². The van der Waals surface area contributed by atoms with Crippen LogP contribution >= 0.6 is 39.1 Å². The molecule has 2 nitrogen and oxygen atoms in total. The molecule has 106 valence electrons. The van der Waals surface area contributed by atoms with Gasteiger partial charge in [-0.05, 0) is 35.4 Å². The normalized spacial score (nSPS) is 12.1. The number of alkyl halides is 1. The third-order valence-electron chi connectivity index (χ3n) is 2.90. The number of ether oxygens (including phenoxy) is 2. The summed E-state index contributed by atoms with van der Waals surface area (Å²) in [5, 5.41) is 1.22. The monoisotopic (exact) mass is 374 g/mol. The number of rotatable bonds is 4. The van der Waals surface area contributed by atoms with Crippen molar-refractivity contribution < 1.29 is 9.47 Å². The highest BCUT2D eigenvalue weighted by Gasteiger charge is 2.16. The Labute approximate surface area is 136 Å². The van der Waals surface area contributed by atoms with Crippen LogP contribution in [0, 0.1) is 0 Å². The molecule has 0 aromatic heterocycles. The Hall–Kier alpha value is -0.900. The Bertz CT molecular complexity index is 595. The SMILES string of the molecule is COc1cc(OC)cc(C(Br)c2ccc(Cl)cc2Cl)c1. The van der Waals surface area contributed by atoms with E-state index in [9.17, 15) is 0 Å². The fraction of sp³-hybridized carbons (Fsp3) is 0.200. The van der Waals surface area contributed by atoms with Gasteiger partial charge in [0.1, 0.15) is 11.5 Å². The van der Waals surface area contributed by atoms with E-state index in [1.807, 2.05) is 30.3 Å². The van der Waals surface area contributed by atoms with Gasteiger partial charge in [-0.2, -0.15) is 0 Å². The van der Waals surface area contributed by atoms with E-state index in [0.29, 0.717) is 10.0 Å². The summed E-state index contributed by atoms with van der Waals surface area (Å²) in [4.78, 5) is -0.0729. The van der Waals surface area contributed by atoms with Crippen LogP contribution in [0.2, 0.25) is 10.0 Å². The fourth-order valence-corrected chi connectivity index (χ4v) is 3.18. The minimum Gasteiger partial charge on any atom is -0.497 e. The first-order chi connectivity index (χ1) is 9.55. The average Bonchev–Trinajstić information content (AvgIpc) is 2.46. The number of hydrogen-bond acceptors (Lipinski definition) is 2. The number of halogens is 3. The van der Waals surface area contributed by atoms with Crippen LogP contribution in [-0.2, 0) is 0 Å². The van der Waals surface area contributed by atoms with Crippen LogP contribution in [0.3, 0.4) is 0 Å². The third-order valence-corrected chi connectivity index (χ3v) is 4.49. The molecule has 0 heterocycles. The molecule has 20 heavy (non-hydrogen) atoms. The van der Waals surface area contributed by atoms with E-state index >= 15 is 0 Å². The molecule has 0 spiro atoms. The van der Waals surface area contributed by atoms with E-state index < -0.39 is 0 Å². The molecule has 0 saturated carbocycles. The lowest BCUT2D eigenvalue weighted by atomic mass is 10.0. The molecule has 0 radical (unpaired) electrons. The lowest BCUT2D eigenvalue weighted by molar-refractivity contribution is 0.393. The highest BCUT2D eigenvalue weighted by Crippen LogP contribution is 2.39. The molecule has 0 aliphatic heterocycles. The second-order valence-corrected chi connectivity index (χ2v) is 5.93. The zero-order valence-corrected chi connectivity index (χ0v) is 14.1. The lowest BCUT2D eigenvalue weighted by Crippen LogP contribution is -1.96. The van der Waals surface area contributed by atoms with E-state index in [2.05, 4.69) is 15.9 Å². The molecule has 0 fully saturated rings. The molecule has 0 N–H and O–H groups in total. The molecule has 2 aromatic carbocycles. The second kappa shape index (κ2) is 6.70. The first-order valence-electron chi connectivity index (χ1n) is 5.87. The van der Waals surface area contributed by atoms with Gasteiger partial charge in [-0.15, -0.1) is 0 Å². The predicted octanol–water partition coefficient (Wildman–Crippen LogP) is 5.49. The number of hydrogen-bond donors (Lipinski definition) is 0. The quantitative estimate of drug-likeness (QED) is 0.657. The van der Waals surface area contributed by atoms with Crippen LogP contribution < -0.4 is 9.47 Å². The maximum Gasteiger partial charge on any atom is 0.122 e. The summed E-state index contributed by atoms with van der Waals surface area (Å²) >= 11 is 15.8. The molecule has 0 aliphatic rings. The van der Waals surface area contributed by atoms with Crippen LogP contribution in [0.15, 0.2) is 36.4 Å². The van der Waals surface area contributed by atoms with Gasteiger partial charge < -0.3 is 9.47 Å². The average molecular weight is 376 g/mol. The summed E-state index contributed by atoms with van der Waals surface area (Å²) in [6.45, 7) is 0. The van der Waals surface area contributed by atoms with E-state index in [1.165, 1.54) is 0 Å². The van der Waals surface area contributed by atoms with Gasteiger partial charge in [0.25, 0.3) is 0 Å². The first-order valence-corrected chi connectivity index (χ1v) is 7.54. The Morgan fingerprint density at radius 3 is 2.05 bits per heavy atom. The topological polar surface area (TPSA) is 18.5 Å². The van der Waals surface area contributed by atoms with Gasteiger partial charge in [0.05, 0.1) is 19.0 Å². The van der Waals surface area contributed by atoms with Crippen molar-refractivity contribution in [1.29, 1.82) is 0 Å². The van der Waals surface area contributed by atoms with Crippen molar-refractivity contribution in [1.82, 2.24) is 0 Å². The van der Waals surface area contributed by atoms with E-state index in [0.717, 1.165) is 22.6 Å². The van der Waals surface area contributed by atoms with Crippen LogP contribution in [0.4, 0.5) is 0 Å². The summed E-state index contributed by atoms with van der Waals surface area (Å²) in [5.74, 6) is 1.46. The fourth-order valence-electron chi connectivity index (χ4n) is 1.86. The molecular formula is C15H13BrCl2O2. The standard InChI is InChI=1S/C15H13BrCl2O2/c1-19-11-5-9(6-12(8-11)20-2)15(16)13-4-3-10(17)7-14(13)18/h3-8,15H,1-2H3. The van der Waals surface area contributed by atoms with Crippen LogP contribution in [0.5, 0.6) is 11.5 Å². The smallest absolute Gasteiger partial charge is 0.122 e.